The van der Waals surface area contributed by atoms with Gasteiger partial charge in [-0.2, -0.15) is 0 Å². The Balaban J connectivity index is 2.38. The summed E-state index contributed by atoms with van der Waals surface area (Å²) >= 11 is 0. The average molecular weight is 222 g/mol. The molecule has 86 valence electrons. The molecule has 5 heteroatoms. The molecule has 1 heterocycles. The quantitative estimate of drug-likeness (QED) is 0.624. The average Bonchev–Trinajstić information content (AvgIpc) is 2.81. The third-order valence-electron chi connectivity index (χ3n) is 2.92. The molecular formula is C11H14N2O3. The fourth-order valence-corrected chi connectivity index (χ4v) is 2.07. The van der Waals surface area contributed by atoms with Gasteiger partial charge in [0.1, 0.15) is 5.75 Å². The van der Waals surface area contributed by atoms with Crippen molar-refractivity contribution < 1.29 is 9.66 Å². The highest BCUT2D eigenvalue weighted by Gasteiger charge is 2.22. The Morgan fingerprint density at radius 3 is 2.94 bits per heavy atom. The van der Waals surface area contributed by atoms with E-state index in [-0.39, 0.29) is 10.6 Å². The Kier molecular flexibility index (Phi) is 3.05. The summed E-state index contributed by atoms with van der Waals surface area (Å²) in [5, 5.41) is 14.0. The van der Waals surface area contributed by atoms with Crippen LogP contribution in [0.15, 0.2) is 18.2 Å². The predicted octanol–water partition coefficient (Wildman–Crippen LogP) is 1.68. The molecule has 5 nitrogen and oxygen atoms in total. The van der Waals surface area contributed by atoms with Crippen molar-refractivity contribution in [2.45, 2.75) is 12.3 Å². The maximum absolute atomic E-state index is 10.7. The van der Waals surface area contributed by atoms with Crippen LogP contribution >= 0.6 is 0 Å². The molecule has 0 bridgehead atoms. The smallest absolute Gasteiger partial charge is 0.269 e. The van der Waals surface area contributed by atoms with Crippen molar-refractivity contribution in [3.8, 4) is 5.75 Å². The third kappa shape index (κ3) is 1.99. The highest BCUT2D eigenvalue weighted by Crippen LogP contribution is 2.33. The van der Waals surface area contributed by atoms with Crippen molar-refractivity contribution >= 4 is 5.69 Å². The summed E-state index contributed by atoms with van der Waals surface area (Å²) in [4.78, 5) is 10.3. The number of nitro benzene ring substituents is 1. The molecule has 0 aliphatic carbocycles. The fourth-order valence-electron chi connectivity index (χ4n) is 2.07. The number of benzene rings is 1. The third-order valence-corrected chi connectivity index (χ3v) is 2.92. The zero-order chi connectivity index (χ0) is 11.5. The normalized spacial score (nSPS) is 19.7. The van der Waals surface area contributed by atoms with Crippen LogP contribution < -0.4 is 10.1 Å². The van der Waals surface area contributed by atoms with Gasteiger partial charge in [-0.3, -0.25) is 10.1 Å². The van der Waals surface area contributed by atoms with Crippen molar-refractivity contribution in [1.29, 1.82) is 0 Å². The lowest BCUT2D eigenvalue weighted by atomic mass is 9.97. The summed E-state index contributed by atoms with van der Waals surface area (Å²) in [6.45, 7) is 1.81. The number of nitro groups is 1. The number of rotatable bonds is 3. The minimum Gasteiger partial charge on any atom is -0.496 e. The minimum atomic E-state index is -0.370. The molecule has 1 aliphatic rings. The van der Waals surface area contributed by atoms with Crippen LogP contribution in [-0.4, -0.2) is 25.1 Å². The standard InChI is InChI=1S/C11H14N2O3/c1-16-11-3-2-9(13(14)15)6-10(11)8-4-5-12-7-8/h2-3,6,8,12H,4-5,7H2,1H3. The van der Waals surface area contributed by atoms with Gasteiger partial charge in [-0.25, -0.2) is 0 Å². The van der Waals surface area contributed by atoms with Crippen molar-refractivity contribution in [3.05, 3.63) is 33.9 Å². The Morgan fingerprint density at radius 1 is 1.56 bits per heavy atom. The molecule has 2 rings (SSSR count). The van der Waals surface area contributed by atoms with E-state index in [0.717, 1.165) is 30.8 Å². The summed E-state index contributed by atoms with van der Waals surface area (Å²) in [5.41, 5.74) is 1.06. The monoisotopic (exact) mass is 222 g/mol. The van der Waals surface area contributed by atoms with Gasteiger partial charge in [0.05, 0.1) is 12.0 Å². The molecule has 1 aromatic carbocycles. The second-order valence-electron chi connectivity index (χ2n) is 3.87. The first-order valence-electron chi connectivity index (χ1n) is 5.25. The van der Waals surface area contributed by atoms with E-state index in [1.807, 2.05) is 0 Å². The zero-order valence-electron chi connectivity index (χ0n) is 9.10. The van der Waals surface area contributed by atoms with Crippen LogP contribution in [0, 0.1) is 10.1 Å². The molecule has 0 spiro atoms. The molecule has 1 saturated heterocycles. The maximum atomic E-state index is 10.7. The molecule has 1 aliphatic heterocycles. The largest absolute Gasteiger partial charge is 0.496 e. The number of hydrogen-bond acceptors (Lipinski definition) is 4. The Morgan fingerprint density at radius 2 is 2.38 bits per heavy atom. The molecular weight excluding hydrogens is 208 g/mol. The van der Waals surface area contributed by atoms with Gasteiger partial charge in [0, 0.05) is 30.2 Å². The number of methoxy groups -OCH3 is 1. The zero-order valence-corrected chi connectivity index (χ0v) is 9.10. The van der Waals surface area contributed by atoms with Gasteiger partial charge in [-0.05, 0) is 19.0 Å². The Hall–Kier alpha value is -1.62. The van der Waals surface area contributed by atoms with E-state index in [9.17, 15) is 10.1 Å². The van der Waals surface area contributed by atoms with Gasteiger partial charge in [0.15, 0.2) is 0 Å². The summed E-state index contributed by atoms with van der Waals surface area (Å²) in [7, 11) is 1.59. The second kappa shape index (κ2) is 4.49. The lowest BCUT2D eigenvalue weighted by Crippen LogP contribution is -2.09. The van der Waals surface area contributed by atoms with Gasteiger partial charge in [0.25, 0.3) is 5.69 Å². The number of non-ortho nitro benzene ring substituents is 1. The first kappa shape index (κ1) is 10.9. The molecule has 0 radical (unpaired) electrons. The molecule has 1 unspecified atom stereocenters. The summed E-state index contributed by atoms with van der Waals surface area (Å²) in [5.74, 6) is 1.05. The van der Waals surface area contributed by atoms with Gasteiger partial charge >= 0.3 is 0 Å². The first-order chi connectivity index (χ1) is 7.72. The number of ether oxygens (including phenoxy) is 1. The van der Waals surface area contributed by atoms with Gasteiger partial charge in [-0.1, -0.05) is 0 Å². The summed E-state index contributed by atoms with van der Waals surface area (Å²) < 4.78 is 5.24. The highest BCUT2D eigenvalue weighted by molar-refractivity contribution is 5.46. The van der Waals surface area contributed by atoms with E-state index < -0.39 is 0 Å². The van der Waals surface area contributed by atoms with Crippen LogP contribution in [-0.2, 0) is 0 Å². The van der Waals surface area contributed by atoms with E-state index in [0.29, 0.717) is 5.92 Å². The molecule has 1 aromatic rings. The minimum absolute atomic E-state index is 0.127. The molecule has 16 heavy (non-hydrogen) atoms. The number of nitrogens with one attached hydrogen (secondary N) is 1. The van der Waals surface area contributed by atoms with Crippen molar-refractivity contribution in [2.75, 3.05) is 20.2 Å². The van der Waals surface area contributed by atoms with E-state index >= 15 is 0 Å². The molecule has 1 fully saturated rings. The van der Waals surface area contributed by atoms with E-state index in [1.54, 1.807) is 19.2 Å². The fraction of sp³-hybridized carbons (Fsp3) is 0.455. The van der Waals surface area contributed by atoms with Gasteiger partial charge in [-0.15, -0.1) is 0 Å². The van der Waals surface area contributed by atoms with Crippen LogP contribution in [0.3, 0.4) is 0 Å². The Labute approximate surface area is 93.6 Å². The number of nitrogens with zero attached hydrogens (tertiary/aromatic N) is 1. The maximum Gasteiger partial charge on any atom is 0.269 e. The molecule has 0 saturated carbocycles. The Bertz CT molecular complexity index is 400. The van der Waals surface area contributed by atoms with Crippen LogP contribution in [0.5, 0.6) is 5.75 Å². The molecule has 0 amide bonds. The van der Waals surface area contributed by atoms with Gasteiger partial charge in [0.2, 0.25) is 0 Å². The SMILES string of the molecule is COc1ccc([N+](=O)[O-])cc1C1CCNC1. The summed E-state index contributed by atoms with van der Waals surface area (Å²) in [6, 6.07) is 4.77. The van der Waals surface area contributed by atoms with Crippen LogP contribution in [0.25, 0.3) is 0 Å². The van der Waals surface area contributed by atoms with Crippen LogP contribution in [0.4, 0.5) is 5.69 Å². The van der Waals surface area contributed by atoms with Crippen molar-refractivity contribution in [3.63, 3.8) is 0 Å². The second-order valence-corrected chi connectivity index (χ2v) is 3.87. The summed E-state index contributed by atoms with van der Waals surface area (Å²) in [6.07, 6.45) is 0.998. The molecule has 1 atom stereocenters. The van der Waals surface area contributed by atoms with Crippen molar-refractivity contribution in [1.82, 2.24) is 5.32 Å². The van der Waals surface area contributed by atoms with E-state index in [2.05, 4.69) is 5.32 Å². The molecule has 0 aromatic heterocycles. The lowest BCUT2D eigenvalue weighted by molar-refractivity contribution is -0.384. The number of hydrogen-bond donors (Lipinski definition) is 1. The van der Waals surface area contributed by atoms with Crippen molar-refractivity contribution in [2.24, 2.45) is 0 Å². The lowest BCUT2D eigenvalue weighted by Gasteiger charge is -2.13. The predicted molar refractivity (Wildman–Crippen MR) is 59.9 cm³/mol. The first-order valence-corrected chi connectivity index (χ1v) is 5.25. The molecule has 1 N–H and O–H groups in total. The van der Waals surface area contributed by atoms with Crippen LogP contribution in [0.2, 0.25) is 0 Å². The van der Waals surface area contributed by atoms with E-state index in [4.69, 9.17) is 4.74 Å². The topological polar surface area (TPSA) is 64.4 Å². The van der Waals surface area contributed by atoms with Crippen LogP contribution in [0.1, 0.15) is 17.9 Å². The highest BCUT2D eigenvalue weighted by atomic mass is 16.6. The van der Waals surface area contributed by atoms with Gasteiger partial charge < -0.3 is 10.1 Å². The van der Waals surface area contributed by atoms with E-state index in [1.165, 1.54) is 6.07 Å².